The monoisotopic (exact) mass is 513 g/mol. The van der Waals surface area contributed by atoms with Crippen LogP contribution in [0.1, 0.15) is 26.5 Å². The van der Waals surface area contributed by atoms with Gasteiger partial charge >= 0.3 is 6.09 Å². The fourth-order valence-electron chi connectivity index (χ4n) is 2.71. The number of aromatic nitrogens is 1. The lowest BCUT2D eigenvalue weighted by atomic mass is 10.1. The Labute approximate surface area is 188 Å². The summed E-state index contributed by atoms with van der Waals surface area (Å²) in [5, 5.41) is 6.50. The van der Waals surface area contributed by atoms with Crippen molar-refractivity contribution in [1.29, 1.82) is 0 Å². The second kappa shape index (κ2) is 9.95. The van der Waals surface area contributed by atoms with E-state index in [0.29, 0.717) is 31.5 Å². The highest BCUT2D eigenvalue weighted by atomic mass is 127. The molecule has 1 saturated heterocycles. The van der Waals surface area contributed by atoms with E-state index >= 15 is 0 Å². The van der Waals surface area contributed by atoms with Crippen LogP contribution < -0.4 is 10.6 Å². The molecule has 0 saturated carbocycles. The molecule has 0 unspecified atom stereocenters. The van der Waals surface area contributed by atoms with Gasteiger partial charge in [-0.15, -0.1) is 24.0 Å². The quantitative estimate of drug-likeness (QED) is 0.371. The Balaban J connectivity index is 0.00000300. The predicted molar refractivity (Wildman–Crippen MR) is 122 cm³/mol. The number of likely N-dealkylation sites (tertiary alicyclic amines) is 1. The summed E-state index contributed by atoms with van der Waals surface area (Å²) < 4.78 is 10.9. The largest absolute Gasteiger partial charge is 0.444 e. The molecule has 1 aromatic heterocycles. The first-order chi connectivity index (χ1) is 13.3. The second-order valence-electron chi connectivity index (χ2n) is 7.66. The first-order valence-electron chi connectivity index (χ1n) is 9.29. The summed E-state index contributed by atoms with van der Waals surface area (Å²) in [4.78, 5) is 22.4. The Bertz CT molecular complexity index is 826. The normalized spacial score (nSPS) is 14.6. The molecule has 1 aliphatic rings. The maximum Gasteiger partial charge on any atom is 0.410 e. The molecule has 0 aliphatic carbocycles. The Morgan fingerprint density at radius 3 is 2.62 bits per heavy atom. The van der Waals surface area contributed by atoms with Crippen molar-refractivity contribution in [3.05, 3.63) is 42.3 Å². The molecule has 1 aliphatic heterocycles. The number of ether oxygens (including phenoxy) is 1. The smallest absolute Gasteiger partial charge is 0.410 e. The molecule has 2 N–H and O–H groups in total. The number of hydrogen-bond donors (Lipinski definition) is 2. The van der Waals surface area contributed by atoms with Crippen molar-refractivity contribution in [2.45, 2.75) is 39.0 Å². The van der Waals surface area contributed by atoms with Gasteiger partial charge in [-0.1, -0.05) is 18.2 Å². The van der Waals surface area contributed by atoms with Crippen molar-refractivity contribution in [3.8, 4) is 11.5 Å². The number of aliphatic imine (C=N–C) groups is 1. The molecular formula is C20H28IN5O3. The molecule has 0 atom stereocenters. The van der Waals surface area contributed by atoms with Gasteiger partial charge in [0.15, 0.2) is 5.96 Å². The van der Waals surface area contributed by atoms with Gasteiger partial charge in [0, 0.05) is 25.7 Å². The van der Waals surface area contributed by atoms with Crippen molar-refractivity contribution in [2.24, 2.45) is 4.99 Å². The van der Waals surface area contributed by atoms with E-state index in [0.717, 1.165) is 11.3 Å². The van der Waals surface area contributed by atoms with Crippen molar-refractivity contribution >= 4 is 36.0 Å². The summed E-state index contributed by atoms with van der Waals surface area (Å²) in [5.41, 5.74) is 1.24. The van der Waals surface area contributed by atoms with E-state index in [1.165, 1.54) is 0 Å². The van der Waals surface area contributed by atoms with E-state index in [1.54, 1.807) is 18.2 Å². The third-order valence-corrected chi connectivity index (χ3v) is 4.11. The number of benzene rings is 1. The van der Waals surface area contributed by atoms with Crippen molar-refractivity contribution < 1.29 is 13.9 Å². The van der Waals surface area contributed by atoms with Crippen LogP contribution in [0.3, 0.4) is 0 Å². The first kappa shape index (κ1) is 23.0. The van der Waals surface area contributed by atoms with Gasteiger partial charge in [-0.05, 0) is 32.9 Å². The van der Waals surface area contributed by atoms with Gasteiger partial charge in [0.1, 0.15) is 11.9 Å². The van der Waals surface area contributed by atoms with E-state index in [-0.39, 0.29) is 36.1 Å². The molecule has 9 heteroatoms. The minimum Gasteiger partial charge on any atom is -0.444 e. The predicted octanol–water partition coefficient (Wildman–Crippen LogP) is 3.24. The van der Waals surface area contributed by atoms with Gasteiger partial charge in [-0.3, -0.25) is 4.99 Å². The summed E-state index contributed by atoms with van der Waals surface area (Å²) in [6.07, 6.45) is 1.35. The molecule has 2 heterocycles. The number of guanidine groups is 1. The minimum atomic E-state index is -0.483. The molecule has 2 aromatic rings. The zero-order valence-corrected chi connectivity index (χ0v) is 19.5. The van der Waals surface area contributed by atoms with E-state index in [1.807, 2.05) is 51.1 Å². The Morgan fingerprint density at radius 1 is 1.31 bits per heavy atom. The SMILES string of the molecule is CN=C(NCc1coc(-c2ccccc2)n1)NC1CN(C(=O)OC(C)(C)C)C1.I. The molecule has 8 nitrogen and oxygen atoms in total. The molecule has 0 radical (unpaired) electrons. The highest BCUT2D eigenvalue weighted by Crippen LogP contribution is 2.18. The molecule has 158 valence electrons. The molecule has 1 amide bonds. The van der Waals surface area contributed by atoms with Crippen LogP contribution in [-0.4, -0.2) is 53.7 Å². The number of halogens is 1. The standard InChI is InChI=1S/C20H27N5O3.HI/c1-20(2,3)28-19(26)25-11-16(12-25)24-18(21-4)22-10-15-13-27-17(23-15)14-8-6-5-7-9-14;/h5-9,13,16H,10-12H2,1-4H3,(H2,21,22,24);1H. The van der Waals surface area contributed by atoms with E-state index in [2.05, 4.69) is 20.6 Å². The molecule has 29 heavy (non-hydrogen) atoms. The minimum absolute atomic E-state index is 0. The number of nitrogens with one attached hydrogen (secondary N) is 2. The van der Waals surface area contributed by atoms with Crippen LogP contribution in [0, 0.1) is 0 Å². The third kappa shape index (κ3) is 6.62. The average Bonchev–Trinajstić information content (AvgIpc) is 3.08. The van der Waals surface area contributed by atoms with Crippen molar-refractivity contribution in [2.75, 3.05) is 20.1 Å². The second-order valence-corrected chi connectivity index (χ2v) is 7.66. The number of rotatable bonds is 4. The van der Waals surface area contributed by atoms with Crippen molar-refractivity contribution in [1.82, 2.24) is 20.5 Å². The summed E-state index contributed by atoms with van der Waals surface area (Å²) in [7, 11) is 1.71. The molecule has 3 rings (SSSR count). The molecule has 0 spiro atoms. The van der Waals surface area contributed by atoms with Gasteiger partial charge in [0.25, 0.3) is 0 Å². The van der Waals surface area contributed by atoms with Crippen LogP contribution in [0.5, 0.6) is 0 Å². The number of amides is 1. The van der Waals surface area contributed by atoms with E-state index in [9.17, 15) is 4.79 Å². The summed E-state index contributed by atoms with van der Waals surface area (Å²) in [6, 6.07) is 9.89. The summed E-state index contributed by atoms with van der Waals surface area (Å²) in [5.74, 6) is 1.24. The Kier molecular flexibility index (Phi) is 7.88. The number of carbonyl (C=O) groups is 1. The van der Waals surface area contributed by atoms with E-state index in [4.69, 9.17) is 9.15 Å². The molecule has 1 aromatic carbocycles. The lowest BCUT2D eigenvalue weighted by Crippen LogP contribution is -2.63. The van der Waals surface area contributed by atoms with E-state index < -0.39 is 5.60 Å². The highest BCUT2D eigenvalue weighted by Gasteiger charge is 2.34. The van der Waals surface area contributed by atoms with Gasteiger partial charge < -0.3 is 24.7 Å². The van der Waals surface area contributed by atoms with Crippen LogP contribution in [0.25, 0.3) is 11.5 Å². The maximum absolute atomic E-state index is 12.0. The third-order valence-electron chi connectivity index (χ3n) is 4.11. The van der Waals surface area contributed by atoms with Gasteiger partial charge in [-0.2, -0.15) is 0 Å². The highest BCUT2D eigenvalue weighted by molar-refractivity contribution is 14.0. The number of nitrogens with zero attached hydrogens (tertiary/aromatic N) is 3. The molecule has 0 bridgehead atoms. The van der Waals surface area contributed by atoms with Crippen LogP contribution >= 0.6 is 24.0 Å². The first-order valence-corrected chi connectivity index (χ1v) is 9.29. The van der Waals surface area contributed by atoms with Gasteiger partial charge in [-0.25, -0.2) is 9.78 Å². The number of hydrogen-bond acceptors (Lipinski definition) is 5. The van der Waals surface area contributed by atoms with Gasteiger partial charge in [0.05, 0.1) is 18.3 Å². The average molecular weight is 513 g/mol. The van der Waals surface area contributed by atoms with Crippen LogP contribution in [0.2, 0.25) is 0 Å². The van der Waals surface area contributed by atoms with Crippen LogP contribution in [-0.2, 0) is 11.3 Å². The lowest BCUT2D eigenvalue weighted by Gasteiger charge is -2.40. The zero-order valence-electron chi connectivity index (χ0n) is 17.1. The molecular weight excluding hydrogens is 485 g/mol. The topological polar surface area (TPSA) is 92.0 Å². The molecule has 1 fully saturated rings. The lowest BCUT2D eigenvalue weighted by molar-refractivity contribution is 0.00701. The fraction of sp³-hybridized carbons (Fsp3) is 0.450. The summed E-state index contributed by atoms with van der Waals surface area (Å²) in [6.45, 7) is 7.23. The maximum atomic E-state index is 12.0. The van der Waals surface area contributed by atoms with Crippen LogP contribution in [0.4, 0.5) is 4.79 Å². The number of carbonyl (C=O) groups excluding carboxylic acids is 1. The fourth-order valence-corrected chi connectivity index (χ4v) is 2.71. The Hall–Kier alpha value is -2.30. The van der Waals surface area contributed by atoms with Crippen LogP contribution in [0.15, 0.2) is 46.0 Å². The van der Waals surface area contributed by atoms with Gasteiger partial charge in [0.2, 0.25) is 5.89 Å². The van der Waals surface area contributed by atoms with Crippen molar-refractivity contribution in [3.63, 3.8) is 0 Å². The number of oxazole rings is 1. The Morgan fingerprint density at radius 2 is 2.00 bits per heavy atom. The zero-order chi connectivity index (χ0) is 20.1. The summed E-state index contributed by atoms with van der Waals surface area (Å²) >= 11 is 0.